The molecule has 2 heterocycles. The number of hydrogen-bond acceptors (Lipinski definition) is 3. The van der Waals surface area contributed by atoms with Gasteiger partial charge in [0.2, 0.25) is 5.91 Å². The van der Waals surface area contributed by atoms with Crippen LogP contribution in [0.25, 0.3) is 0 Å². The Labute approximate surface area is 195 Å². The van der Waals surface area contributed by atoms with Crippen LogP contribution < -0.4 is 5.32 Å². The number of amides is 3. The van der Waals surface area contributed by atoms with E-state index in [9.17, 15) is 9.59 Å². The smallest absolute Gasteiger partial charge is 0.317 e. The van der Waals surface area contributed by atoms with Crippen LogP contribution in [0.2, 0.25) is 5.02 Å². The van der Waals surface area contributed by atoms with Gasteiger partial charge in [-0.05, 0) is 54.8 Å². The van der Waals surface area contributed by atoms with Crippen LogP contribution in [0.5, 0.6) is 0 Å². The summed E-state index contributed by atoms with van der Waals surface area (Å²) in [6, 6.07) is 15.8. The van der Waals surface area contributed by atoms with Crippen molar-refractivity contribution in [1.29, 1.82) is 0 Å². The lowest BCUT2D eigenvalue weighted by Gasteiger charge is -2.34. The first-order chi connectivity index (χ1) is 15.6. The molecular weight excluding hydrogens is 424 g/mol. The number of carbonyl (C=O) groups is 2. The Morgan fingerprint density at radius 2 is 1.31 bits per heavy atom. The molecule has 2 fully saturated rings. The second kappa shape index (κ2) is 10.8. The maximum atomic E-state index is 12.6. The van der Waals surface area contributed by atoms with Crippen molar-refractivity contribution in [2.24, 2.45) is 0 Å². The largest absolute Gasteiger partial charge is 0.339 e. The SMILES string of the molecule is O=C(Cc1ccc(Cl)cc1)N1CCN(C(=O)NCc2ccc(CN3CCCC3)cc2)CC1. The molecule has 0 radical (unpaired) electrons. The van der Waals surface area contributed by atoms with Gasteiger partial charge in [0.1, 0.15) is 0 Å². The third-order valence-corrected chi connectivity index (χ3v) is 6.51. The number of rotatable bonds is 6. The predicted molar refractivity (Wildman–Crippen MR) is 126 cm³/mol. The highest BCUT2D eigenvalue weighted by molar-refractivity contribution is 6.30. The molecule has 170 valence electrons. The molecule has 7 heteroatoms. The van der Waals surface area contributed by atoms with E-state index in [1.807, 2.05) is 17.0 Å². The summed E-state index contributed by atoms with van der Waals surface area (Å²) in [4.78, 5) is 31.2. The highest BCUT2D eigenvalue weighted by Crippen LogP contribution is 2.14. The van der Waals surface area contributed by atoms with Crippen LogP contribution >= 0.6 is 11.6 Å². The Hall–Kier alpha value is -2.57. The molecule has 32 heavy (non-hydrogen) atoms. The molecule has 0 bridgehead atoms. The molecule has 2 aromatic rings. The normalized spacial score (nSPS) is 16.9. The number of hydrogen-bond donors (Lipinski definition) is 1. The number of likely N-dealkylation sites (tertiary alicyclic amines) is 1. The Morgan fingerprint density at radius 1 is 0.750 bits per heavy atom. The number of nitrogens with one attached hydrogen (secondary N) is 1. The van der Waals surface area contributed by atoms with Crippen LogP contribution in [-0.2, 0) is 24.3 Å². The second-order valence-corrected chi connectivity index (χ2v) is 9.07. The maximum absolute atomic E-state index is 12.6. The first-order valence-corrected chi connectivity index (χ1v) is 11.8. The van der Waals surface area contributed by atoms with E-state index < -0.39 is 0 Å². The van der Waals surface area contributed by atoms with Crippen molar-refractivity contribution in [2.45, 2.75) is 32.4 Å². The third-order valence-electron chi connectivity index (χ3n) is 6.26. The fraction of sp³-hybridized carbons (Fsp3) is 0.440. The molecule has 0 spiro atoms. The average molecular weight is 455 g/mol. The number of carbonyl (C=O) groups excluding carboxylic acids is 2. The Bertz CT molecular complexity index is 903. The number of halogens is 1. The van der Waals surface area contributed by atoms with Gasteiger partial charge in [-0.15, -0.1) is 0 Å². The van der Waals surface area contributed by atoms with E-state index in [0.29, 0.717) is 44.2 Å². The van der Waals surface area contributed by atoms with Gasteiger partial charge in [-0.25, -0.2) is 4.79 Å². The Balaban J connectivity index is 1.18. The first kappa shape index (κ1) is 22.6. The van der Waals surface area contributed by atoms with Gasteiger partial charge in [-0.3, -0.25) is 9.69 Å². The third kappa shape index (κ3) is 6.24. The molecule has 2 aliphatic heterocycles. The zero-order valence-corrected chi connectivity index (χ0v) is 19.2. The van der Waals surface area contributed by atoms with Gasteiger partial charge in [-0.2, -0.15) is 0 Å². The quantitative estimate of drug-likeness (QED) is 0.726. The van der Waals surface area contributed by atoms with Crippen molar-refractivity contribution in [2.75, 3.05) is 39.3 Å². The number of benzene rings is 2. The molecule has 6 nitrogen and oxygen atoms in total. The molecule has 0 saturated carbocycles. The van der Waals surface area contributed by atoms with Gasteiger partial charge in [0.25, 0.3) is 0 Å². The minimum atomic E-state index is -0.0732. The van der Waals surface area contributed by atoms with Crippen molar-refractivity contribution in [3.05, 3.63) is 70.2 Å². The summed E-state index contributed by atoms with van der Waals surface area (Å²) in [5, 5.41) is 3.68. The summed E-state index contributed by atoms with van der Waals surface area (Å²) in [5.41, 5.74) is 3.37. The lowest BCUT2D eigenvalue weighted by atomic mass is 10.1. The molecule has 2 aromatic carbocycles. The van der Waals surface area contributed by atoms with Crippen molar-refractivity contribution >= 4 is 23.5 Å². The van der Waals surface area contributed by atoms with Crippen molar-refractivity contribution in [1.82, 2.24) is 20.0 Å². The molecule has 2 aliphatic rings. The zero-order valence-electron chi connectivity index (χ0n) is 18.4. The van der Waals surface area contributed by atoms with Crippen molar-refractivity contribution in [3.8, 4) is 0 Å². The number of piperazine rings is 1. The first-order valence-electron chi connectivity index (χ1n) is 11.4. The lowest BCUT2D eigenvalue weighted by molar-refractivity contribution is -0.131. The summed E-state index contributed by atoms with van der Waals surface area (Å²) < 4.78 is 0. The van der Waals surface area contributed by atoms with Gasteiger partial charge in [0, 0.05) is 44.3 Å². The molecule has 4 rings (SSSR count). The van der Waals surface area contributed by atoms with Gasteiger partial charge in [0.15, 0.2) is 0 Å². The summed E-state index contributed by atoms with van der Waals surface area (Å²) in [6.45, 7) is 6.12. The van der Waals surface area contributed by atoms with Crippen LogP contribution in [0.3, 0.4) is 0 Å². The van der Waals surface area contributed by atoms with Gasteiger partial charge < -0.3 is 15.1 Å². The Kier molecular flexibility index (Phi) is 7.66. The van der Waals surface area contributed by atoms with Crippen LogP contribution in [0.15, 0.2) is 48.5 Å². The predicted octanol–water partition coefficient (Wildman–Crippen LogP) is 3.53. The summed E-state index contributed by atoms with van der Waals surface area (Å²) in [7, 11) is 0. The summed E-state index contributed by atoms with van der Waals surface area (Å²) in [6.07, 6.45) is 2.96. The topological polar surface area (TPSA) is 55.9 Å². The van der Waals surface area contributed by atoms with E-state index in [1.54, 1.807) is 17.0 Å². The van der Waals surface area contributed by atoms with E-state index in [-0.39, 0.29) is 11.9 Å². The van der Waals surface area contributed by atoms with E-state index in [1.165, 1.54) is 31.5 Å². The summed E-state index contributed by atoms with van der Waals surface area (Å²) in [5.74, 6) is 0.0846. The van der Waals surface area contributed by atoms with Gasteiger partial charge in [-0.1, -0.05) is 48.0 Å². The molecule has 3 amide bonds. The molecule has 2 saturated heterocycles. The fourth-order valence-corrected chi connectivity index (χ4v) is 4.42. The molecule has 0 aromatic heterocycles. The number of urea groups is 1. The number of nitrogens with zero attached hydrogens (tertiary/aromatic N) is 3. The standard InChI is InChI=1S/C25H31ClN4O2/c26-23-9-7-20(8-10-23)17-24(31)29-13-15-30(16-14-29)25(32)27-18-21-3-5-22(6-4-21)19-28-11-1-2-12-28/h3-10H,1-2,11-19H2,(H,27,32). The van der Waals surface area contributed by atoms with E-state index >= 15 is 0 Å². The maximum Gasteiger partial charge on any atom is 0.317 e. The monoisotopic (exact) mass is 454 g/mol. The minimum absolute atomic E-state index is 0.0732. The average Bonchev–Trinajstić information content (AvgIpc) is 3.33. The summed E-state index contributed by atoms with van der Waals surface area (Å²) >= 11 is 5.90. The van der Waals surface area contributed by atoms with Gasteiger partial charge in [0.05, 0.1) is 6.42 Å². The molecule has 0 atom stereocenters. The van der Waals surface area contributed by atoms with Crippen LogP contribution in [0.4, 0.5) is 4.79 Å². The highest BCUT2D eigenvalue weighted by Gasteiger charge is 2.24. The lowest BCUT2D eigenvalue weighted by Crippen LogP contribution is -2.53. The highest BCUT2D eigenvalue weighted by atomic mass is 35.5. The van der Waals surface area contributed by atoms with E-state index in [4.69, 9.17) is 11.6 Å². The van der Waals surface area contributed by atoms with Crippen LogP contribution in [0.1, 0.15) is 29.5 Å². The fourth-order valence-electron chi connectivity index (χ4n) is 4.30. The molecule has 0 unspecified atom stereocenters. The van der Waals surface area contributed by atoms with Crippen molar-refractivity contribution in [3.63, 3.8) is 0 Å². The van der Waals surface area contributed by atoms with Crippen molar-refractivity contribution < 1.29 is 9.59 Å². The van der Waals surface area contributed by atoms with E-state index in [0.717, 1.165) is 17.7 Å². The minimum Gasteiger partial charge on any atom is -0.339 e. The molecular formula is C25H31ClN4O2. The Morgan fingerprint density at radius 3 is 1.97 bits per heavy atom. The van der Waals surface area contributed by atoms with E-state index in [2.05, 4.69) is 34.5 Å². The van der Waals surface area contributed by atoms with Crippen LogP contribution in [0, 0.1) is 0 Å². The second-order valence-electron chi connectivity index (χ2n) is 8.63. The van der Waals surface area contributed by atoms with Gasteiger partial charge >= 0.3 is 6.03 Å². The molecule has 0 aliphatic carbocycles. The van der Waals surface area contributed by atoms with Crippen LogP contribution in [-0.4, -0.2) is 65.9 Å². The molecule has 1 N–H and O–H groups in total. The zero-order chi connectivity index (χ0) is 22.3.